The molecule has 0 N–H and O–H groups in total. The Morgan fingerprint density at radius 2 is 1.91 bits per heavy atom. The lowest BCUT2D eigenvalue weighted by atomic mass is 9.48. The van der Waals surface area contributed by atoms with E-state index in [0.717, 1.165) is 24.0 Å². The average molecular weight is 302 g/mol. The molecule has 1 spiro atoms. The fourth-order valence-electron chi connectivity index (χ4n) is 7.37. The summed E-state index contributed by atoms with van der Waals surface area (Å²) in [5, 5.41) is 0. The number of carbonyl (C=O) groups excluding carboxylic acids is 1. The number of hydrogen-bond acceptors (Lipinski definition) is 2. The summed E-state index contributed by atoms with van der Waals surface area (Å²) in [5.41, 5.74) is 2.05. The molecule has 22 heavy (non-hydrogen) atoms. The predicted molar refractivity (Wildman–Crippen MR) is 87.0 cm³/mol. The molecule has 0 aromatic carbocycles. The summed E-state index contributed by atoms with van der Waals surface area (Å²) >= 11 is 0. The van der Waals surface area contributed by atoms with Gasteiger partial charge in [-0.1, -0.05) is 27.7 Å². The van der Waals surface area contributed by atoms with Gasteiger partial charge in [0.2, 0.25) is 0 Å². The van der Waals surface area contributed by atoms with E-state index >= 15 is 0 Å². The number of rotatable bonds is 0. The molecule has 1 aliphatic heterocycles. The van der Waals surface area contributed by atoms with E-state index in [4.69, 9.17) is 4.74 Å². The van der Waals surface area contributed by atoms with Gasteiger partial charge in [0.15, 0.2) is 0 Å². The first-order chi connectivity index (χ1) is 10.2. The molecule has 2 nitrogen and oxygen atoms in total. The topological polar surface area (TPSA) is 26.3 Å². The van der Waals surface area contributed by atoms with Gasteiger partial charge in [-0.2, -0.15) is 0 Å². The highest BCUT2D eigenvalue weighted by Crippen LogP contribution is 2.75. The van der Waals surface area contributed by atoms with Crippen LogP contribution in [0.15, 0.2) is 11.3 Å². The van der Waals surface area contributed by atoms with Crippen molar-refractivity contribution in [3.63, 3.8) is 0 Å². The van der Waals surface area contributed by atoms with Crippen molar-refractivity contribution in [3.05, 3.63) is 11.3 Å². The van der Waals surface area contributed by atoms with Crippen LogP contribution in [-0.2, 0) is 9.53 Å². The Kier molecular flexibility index (Phi) is 2.81. The predicted octanol–water partition coefficient (Wildman–Crippen LogP) is 5.09. The van der Waals surface area contributed by atoms with E-state index in [-0.39, 0.29) is 11.4 Å². The summed E-state index contributed by atoms with van der Waals surface area (Å²) in [6.45, 7) is 12.1. The second kappa shape index (κ2) is 4.19. The maximum Gasteiger partial charge on any atom is 0.311 e. The van der Waals surface area contributed by atoms with E-state index < -0.39 is 0 Å². The molecule has 0 amide bonds. The lowest BCUT2D eigenvalue weighted by Crippen LogP contribution is -2.50. The maximum absolute atomic E-state index is 12.1. The highest BCUT2D eigenvalue weighted by atomic mass is 16.5. The van der Waals surface area contributed by atoms with E-state index in [2.05, 4.69) is 34.6 Å². The van der Waals surface area contributed by atoms with Crippen LogP contribution in [0, 0.1) is 34.0 Å². The average Bonchev–Trinajstić information content (AvgIpc) is 2.75. The minimum atomic E-state index is -0.0533. The minimum absolute atomic E-state index is 0.000746. The van der Waals surface area contributed by atoms with Gasteiger partial charge in [0.25, 0.3) is 0 Å². The summed E-state index contributed by atoms with van der Waals surface area (Å²) in [6, 6.07) is 0. The Morgan fingerprint density at radius 3 is 2.64 bits per heavy atom. The quantitative estimate of drug-likeness (QED) is 0.583. The second-order valence-corrected chi connectivity index (χ2v) is 9.40. The van der Waals surface area contributed by atoms with Gasteiger partial charge in [0.05, 0.1) is 6.42 Å². The van der Waals surface area contributed by atoms with Gasteiger partial charge in [-0.05, 0) is 73.2 Å². The van der Waals surface area contributed by atoms with E-state index in [0.29, 0.717) is 23.2 Å². The molecule has 0 aromatic heterocycles. The molecule has 122 valence electrons. The Bertz CT molecular complexity index is 572. The third-order valence-electron chi connectivity index (χ3n) is 8.51. The molecule has 0 aromatic rings. The monoisotopic (exact) mass is 302 g/mol. The van der Waals surface area contributed by atoms with Crippen molar-refractivity contribution in [1.82, 2.24) is 0 Å². The van der Waals surface area contributed by atoms with Crippen LogP contribution in [0.25, 0.3) is 0 Å². The molecule has 2 saturated carbocycles. The van der Waals surface area contributed by atoms with Gasteiger partial charge in [-0.3, -0.25) is 4.79 Å². The van der Waals surface area contributed by atoms with E-state index in [9.17, 15) is 4.79 Å². The van der Waals surface area contributed by atoms with Gasteiger partial charge in [-0.25, -0.2) is 0 Å². The number of allylic oxidation sites excluding steroid dienone is 2. The normalized spacial score (nSPS) is 49.5. The van der Waals surface area contributed by atoms with Gasteiger partial charge in [0, 0.05) is 5.41 Å². The number of hydrogen-bond donors (Lipinski definition) is 0. The third kappa shape index (κ3) is 1.45. The van der Waals surface area contributed by atoms with Crippen molar-refractivity contribution in [3.8, 4) is 0 Å². The van der Waals surface area contributed by atoms with E-state index in [1.807, 2.05) is 0 Å². The Morgan fingerprint density at radius 1 is 1.18 bits per heavy atom. The summed E-state index contributed by atoms with van der Waals surface area (Å²) in [6.07, 6.45) is 7.02. The smallest absolute Gasteiger partial charge is 0.311 e. The summed E-state index contributed by atoms with van der Waals surface area (Å²) < 4.78 is 5.76. The Hall–Kier alpha value is -0.790. The Labute approximate surface area is 134 Å². The summed E-state index contributed by atoms with van der Waals surface area (Å²) in [5.74, 6) is 3.24. The molecule has 4 rings (SSSR count). The van der Waals surface area contributed by atoms with Gasteiger partial charge >= 0.3 is 5.97 Å². The van der Waals surface area contributed by atoms with Crippen molar-refractivity contribution < 1.29 is 9.53 Å². The van der Waals surface area contributed by atoms with Crippen molar-refractivity contribution in [2.24, 2.45) is 34.0 Å². The summed E-state index contributed by atoms with van der Waals surface area (Å²) in [4.78, 5) is 12.1. The molecule has 4 aliphatic rings. The number of carbonyl (C=O) groups is 1. The minimum Gasteiger partial charge on any atom is -0.430 e. The molecule has 1 heterocycles. The zero-order valence-corrected chi connectivity index (χ0v) is 14.8. The van der Waals surface area contributed by atoms with Gasteiger partial charge in [0.1, 0.15) is 5.76 Å². The largest absolute Gasteiger partial charge is 0.430 e. The lowest BCUT2D eigenvalue weighted by Gasteiger charge is -2.56. The van der Waals surface area contributed by atoms with E-state index in [1.165, 1.54) is 31.3 Å². The highest BCUT2D eigenvalue weighted by molar-refractivity contribution is 5.76. The Balaban J connectivity index is 1.92. The molecule has 1 saturated heterocycles. The van der Waals surface area contributed by atoms with E-state index in [1.54, 1.807) is 0 Å². The molecular formula is C20H30O2. The van der Waals surface area contributed by atoms with Crippen LogP contribution in [0.1, 0.15) is 73.1 Å². The molecule has 3 aliphatic carbocycles. The number of esters is 1. The van der Waals surface area contributed by atoms with Gasteiger partial charge < -0.3 is 4.74 Å². The zero-order valence-electron chi connectivity index (χ0n) is 14.8. The van der Waals surface area contributed by atoms with Crippen molar-refractivity contribution >= 4 is 5.97 Å². The SMILES string of the molecule is CC1=C2OC(=O)C[C@@]2(C)[C@@H]2C[C@@H]3CC[C@@H](C)[C@@]2(CC1)C3(C)C. The lowest BCUT2D eigenvalue weighted by molar-refractivity contribution is -0.135. The highest BCUT2D eigenvalue weighted by Gasteiger charge is 2.69. The zero-order chi connectivity index (χ0) is 15.9. The fourth-order valence-corrected chi connectivity index (χ4v) is 7.37. The molecule has 3 fully saturated rings. The first-order valence-corrected chi connectivity index (χ1v) is 9.14. The standard InChI is InChI=1S/C20H30O2/c1-12-8-9-20-13(2)6-7-14(18(20,3)4)10-15(20)19(5)11-16(21)22-17(12)19/h13-15H,6-11H2,1-5H3/t13-,14+,15+,19+,20-/m1/s1. The van der Waals surface area contributed by atoms with Crippen LogP contribution < -0.4 is 0 Å². The first kappa shape index (κ1) is 14.8. The van der Waals surface area contributed by atoms with Crippen molar-refractivity contribution in [1.29, 1.82) is 0 Å². The maximum atomic E-state index is 12.1. The first-order valence-electron chi connectivity index (χ1n) is 9.14. The van der Waals surface area contributed by atoms with Gasteiger partial charge in [-0.15, -0.1) is 0 Å². The van der Waals surface area contributed by atoms with Crippen molar-refractivity contribution in [2.45, 2.75) is 73.1 Å². The molecule has 0 radical (unpaired) electrons. The van der Waals surface area contributed by atoms with Crippen LogP contribution in [-0.4, -0.2) is 5.97 Å². The summed E-state index contributed by atoms with van der Waals surface area (Å²) in [7, 11) is 0. The number of fused-ring (bicyclic) bond motifs is 3. The van der Waals surface area contributed by atoms with Crippen LogP contribution in [0.4, 0.5) is 0 Å². The molecule has 2 heteroatoms. The van der Waals surface area contributed by atoms with Crippen LogP contribution in [0.5, 0.6) is 0 Å². The third-order valence-corrected chi connectivity index (χ3v) is 8.51. The van der Waals surface area contributed by atoms with Crippen LogP contribution in [0.2, 0.25) is 0 Å². The van der Waals surface area contributed by atoms with Crippen molar-refractivity contribution in [2.75, 3.05) is 0 Å². The molecule has 2 bridgehead atoms. The molecule has 0 unspecified atom stereocenters. The number of ether oxygens (including phenoxy) is 1. The van der Waals surface area contributed by atoms with Crippen LogP contribution >= 0.6 is 0 Å². The molecule has 5 atom stereocenters. The van der Waals surface area contributed by atoms with Crippen LogP contribution in [0.3, 0.4) is 0 Å². The second-order valence-electron chi connectivity index (χ2n) is 9.40. The fraction of sp³-hybridized carbons (Fsp3) is 0.850. The molecular weight excluding hydrogens is 272 g/mol.